The van der Waals surface area contributed by atoms with Gasteiger partial charge in [0, 0.05) is 23.4 Å². The number of fused-ring (bicyclic) bond motifs is 1. The highest BCUT2D eigenvalue weighted by molar-refractivity contribution is 5.99. The van der Waals surface area contributed by atoms with Gasteiger partial charge in [0.1, 0.15) is 11.8 Å². The fourth-order valence-electron chi connectivity index (χ4n) is 4.07. The molecule has 1 heterocycles. The number of aliphatic carboxylic acids is 1. The number of carboxylic acids is 1. The Labute approximate surface area is 223 Å². The highest BCUT2D eigenvalue weighted by atomic mass is 16.5. The van der Waals surface area contributed by atoms with Crippen molar-refractivity contribution in [3.8, 4) is 40.1 Å². The van der Waals surface area contributed by atoms with Gasteiger partial charge >= 0.3 is 5.97 Å². The number of hydrogen-bond acceptors (Lipinski definition) is 8. The first-order valence-electron chi connectivity index (χ1n) is 11.8. The van der Waals surface area contributed by atoms with E-state index in [-0.39, 0.29) is 17.9 Å². The molecule has 4 rings (SSSR count). The lowest BCUT2D eigenvalue weighted by Gasteiger charge is -2.14. The lowest BCUT2D eigenvalue weighted by atomic mass is 10.0. The van der Waals surface area contributed by atoms with Gasteiger partial charge in [0.05, 0.1) is 21.3 Å². The Kier molecular flexibility index (Phi) is 7.95. The summed E-state index contributed by atoms with van der Waals surface area (Å²) >= 11 is 0. The molecule has 0 saturated carbocycles. The number of nitrogens with one attached hydrogen (secondary N) is 1. The van der Waals surface area contributed by atoms with Crippen LogP contribution in [-0.2, 0) is 16.0 Å². The molecule has 0 aliphatic heterocycles. The number of ether oxygens (including phenoxy) is 3. The highest BCUT2D eigenvalue weighted by Gasteiger charge is 2.20. The van der Waals surface area contributed by atoms with Crippen LogP contribution in [0.15, 0.2) is 65.1 Å². The van der Waals surface area contributed by atoms with E-state index >= 15 is 0 Å². The number of aromatic hydroxyl groups is 2. The van der Waals surface area contributed by atoms with Crippen LogP contribution in [0.4, 0.5) is 0 Å². The fourth-order valence-corrected chi connectivity index (χ4v) is 4.07. The predicted molar refractivity (Wildman–Crippen MR) is 143 cm³/mol. The lowest BCUT2D eigenvalue weighted by Crippen LogP contribution is -2.41. The van der Waals surface area contributed by atoms with Gasteiger partial charge in [0.25, 0.3) is 0 Å². The normalized spacial score (nSPS) is 11.9. The second-order valence-corrected chi connectivity index (χ2v) is 8.54. The van der Waals surface area contributed by atoms with Crippen molar-refractivity contribution in [1.82, 2.24) is 5.32 Å². The van der Waals surface area contributed by atoms with Crippen LogP contribution in [-0.4, -0.2) is 54.6 Å². The average molecular weight is 534 g/mol. The number of carbonyl (C=O) groups is 2. The van der Waals surface area contributed by atoms with Crippen molar-refractivity contribution in [3.05, 3.63) is 71.8 Å². The van der Waals surface area contributed by atoms with Gasteiger partial charge in [0.2, 0.25) is 5.91 Å². The Balaban J connectivity index is 1.59. The van der Waals surface area contributed by atoms with Crippen molar-refractivity contribution < 1.29 is 43.5 Å². The fraction of sp³-hybridized carbons (Fsp3) is 0.172. The number of benzene rings is 3. The van der Waals surface area contributed by atoms with Crippen LogP contribution < -0.4 is 19.5 Å². The maximum Gasteiger partial charge on any atom is 0.326 e. The Hall–Kier alpha value is -5.12. The zero-order chi connectivity index (χ0) is 28.1. The summed E-state index contributed by atoms with van der Waals surface area (Å²) in [4.78, 5) is 24.4. The molecule has 0 aliphatic carbocycles. The van der Waals surface area contributed by atoms with Gasteiger partial charge in [-0.3, -0.25) is 4.79 Å². The van der Waals surface area contributed by atoms with E-state index in [1.54, 1.807) is 44.6 Å². The van der Waals surface area contributed by atoms with E-state index in [1.807, 2.05) is 12.1 Å². The van der Waals surface area contributed by atoms with Gasteiger partial charge in [-0.25, -0.2) is 4.79 Å². The molecule has 3 aromatic carbocycles. The number of furan rings is 1. The summed E-state index contributed by atoms with van der Waals surface area (Å²) in [7, 11) is 4.62. The van der Waals surface area contributed by atoms with E-state index in [9.17, 15) is 24.9 Å². The van der Waals surface area contributed by atoms with Crippen LogP contribution >= 0.6 is 0 Å². The summed E-state index contributed by atoms with van der Waals surface area (Å²) in [5, 5.41) is 31.8. The zero-order valence-electron chi connectivity index (χ0n) is 21.4. The lowest BCUT2D eigenvalue weighted by molar-refractivity contribution is -0.141. The number of amides is 1. The Morgan fingerprint density at radius 2 is 1.62 bits per heavy atom. The Morgan fingerprint density at radius 3 is 2.28 bits per heavy atom. The summed E-state index contributed by atoms with van der Waals surface area (Å²) in [6.45, 7) is 0. The topological polar surface area (TPSA) is 148 Å². The van der Waals surface area contributed by atoms with Crippen LogP contribution in [0.25, 0.3) is 28.4 Å². The number of hydrogen-bond donors (Lipinski definition) is 4. The number of carboxylic acid groups (broad SMARTS) is 1. The standard InChI is InChI=1S/C29H27NO9/c1-36-23-9-6-18(14-26(23)38-3)25-15-19-17(5-10-24(37-2)28(19)39-25)7-11-27(33)30-20(29(34)35)12-16-4-8-21(31)22(32)13-16/h4-11,13-15,20,31-32H,12H2,1-3H3,(H,30,33)(H,34,35)/b11-7+. The summed E-state index contributed by atoms with van der Waals surface area (Å²) in [6.07, 6.45) is 2.69. The van der Waals surface area contributed by atoms with E-state index in [2.05, 4.69) is 5.32 Å². The minimum absolute atomic E-state index is 0.0913. The smallest absolute Gasteiger partial charge is 0.326 e. The molecule has 4 aromatic rings. The summed E-state index contributed by atoms with van der Waals surface area (Å²) < 4.78 is 22.2. The Morgan fingerprint density at radius 1 is 0.897 bits per heavy atom. The number of rotatable bonds is 10. The molecule has 10 heteroatoms. The molecule has 1 atom stereocenters. The quantitative estimate of drug-likeness (QED) is 0.172. The number of methoxy groups -OCH3 is 3. The molecule has 4 N–H and O–H groups in total. The van der Waals surface area contributed by atoms with Crippen LogP contribution in [0.5, 0.6) is 28.7 Å². The van der Waals surface area contributed by atoms with Crippen LogP contribution in [0.2, 0.25) is 0 Å². The van der Waals surface area contributed by atoms with E-state index in [4.69, 9.17) is 18.6 Å². The minimum Gasteiger partial charge on any atom is -0.504 e. The first-order valence-corrected chi connectivity index (χ1v) is 11.8. The molecule has 1 aromatic heterocycles. The third-order valence-corrected chi connectivity index (χ3v) is 6.08. The number of phenols is 2. The van der Waals surface area contributed by atoms with Crippen molar-refractivity contribution in [2.75, 3.05) is 21.3 Å². The SMILES string of the molecule is COc1ccc(-c2cc3c(/C=C/C(=O)NC(Cc4ccc(O)c(O)c4)C(=O)O)ccc(OC)c3o2)cc1OC. The summed E-state index contributed by atoms with van der Waals surface area (Å²) in [5.74, 6) is -0.417. The molecule has 0 saturated heterocycles. The first-order chi connectivity index (χ1) is 18.7. The minimum atomic E-state index is -1.26. The van der Waals surface area contributed by atoms with Gasteiger partial charge < -0.3 is 39.3 Å². The maximum atomic E-state index is 12.6. The highest BCUT2D eigenvalue weighted by Crippen LogP contribution is 2.38. The summed E-state index contributed by atoms with van der Waals surface area (Å²) in [5.41, 5.74) is 2.29. The predicted octanol–water partition coefficient (Wildman–Crippen LogP) is 4.36. The van der Waals surface area contributed by atoms with Crippen molar-refractivity contribution in [3.63, 3.8) is 0 Å². The molecule has 0 radical (unpaired) electrons. The van der Waals surface area contributed by atoms with Crippen molar-refractivity contribution in [2.24, 2.45) is 0 Å². The third kappa shape index (κ3) is 5.90. The molecule has 1 unspecified atom stereocenters. The number of carbonyl (C=O) groups excluding carboxylic acids is 1. The zero-order valence-corrected chi connectivity index (χ0v) is 21.4. The molecule has 0 spiro atoms. The van der Waals surface area contributed by atoms with Gasteiger partial charge in [0.15, 0.2) is 34.3 Å². The second kappa shape index (κ2) is 11.5. The molecule has 202 valence electrons. The van der Waals surface area contributed by atoms with Crippen molar-refractivity contribution >= 4 is 28.9 Å². The molecule has 0 fully saturated rings. The first kappa shape index (κ1) is 26.9. The summed E-state index contributed by atoms with van der Waals surface area (Å²) in [6, 6.07) is 13.4. The monoisotopic (exact) mass is 533 g/mol. The second-order valence-electron chi connectivity index (χ2n) is 8.54. The van der Waals surface area contributed by atoms with Gasteiger partial charge in [-0.15, -0.1) is 0 Å². The molecule has 0 aliphatic rings. The van der Waals surface area contributed by atoms with Crippen LogP contribution in [0.3, 0.4) is 0 Å². The van der Waals surface area contributed by atoms with Gasteiger partial charge in [-0.2, -0.15) is 0 Å². The van der Waals surface area contributed by atoms with Crippen LogP contribution in [0.1, 0.15) is 11.1 Å². The molecular weight excluding hydrogens is 506 g/mol. The Bertz CT molecular complexity index is 1550. The van der Waals surface area contributed by atoms with Crippen molar-refractivity contribution in [1.29, 1.82) is 0 Å². The maximum absolute atomic E-state index is 12.6. The van der Waals surface area contributed by atoms with E-state index in [1.165, 1.54) is 31.4 Å². The average Bonchev–Trinajstić information content (AvgIpc) is 3.38. The van der Waals surface area contributed by atoms with E-state index in [0.717, 1.165) is 5.56 Å². The molecule has 1 amide bonds. The van der Waals surface area contributed by atoms with E-state index in [0.29, 0.717) is 45.1 Å². The third-order valence-electron chi connectivity index (χ3n) is 6.08. The molecule has 39 heavy (non-hydrogen) atoms. The van der Waals surface area contributed by atoms with E-state index < -0.39 is 17.9 Å². The number of phenolic OH excluding ortho intramolecular Hbond substituents is 2. The largest absolute Gasteiger partial charge is 0.504 e. The van der Waals surface area contributed by atoms with Gasteiger partial charge in [-0.05, 0) is 59.7 Å². The van der Waals surface area contributed by atoms with Crippen molar-refractivity contribution in [2.45, 2.75) is 12.5 Å². The van der Waals surface area contributed by atoms with Crippen LogP contribution in [0, 0.1) is 0 Å². The van der Waals surface area contributed by atoms with Gasteiger partial charge in [-0.1, -0.05) is 12.1 Å². The molecular formula is C29H27NO9. The molecule has 10 nitrogen and oxygen atoms in total. The molecule has 0 bridgehead atoms.